The minimum atomic E-state index is -0.535. The van der Waals surface area contributed by atoms with Crippen LogP contribution in [0.2, 0.25) is 0 Å². The molecule has 9 nitrogen and oxygen atoms in total. The summed E-state index contributed by atoms with van der Waals surface area (Å²) in [5, 5.41) is 2.93. The lowest BCUT2D eigenvalue weighted by Gasteiger charge is -2.32. The van der Waals surface area contributed by atoms with E-state index in [0.717, 1.165) is 0 Å². The summed E-state index contributed by atoms with van der Waals surface area (Å²) in [6, 6.07) is 6.40. The Hall–Kier alpha value is -2.94. The van der Waals surface area contributed by atoms with Crippen LogP contribution < -0.4 is 21.3 Å². The van der Waals surface area contributed by atoms with Gasteiger partial charge in [0.05, 0.1) is 12.6 Å². The van der Waals surface area contributed by atoms with E-state index in [9.17, 15) is 14.4 Å². The lowest BCUT2D eigenvalue weighted by Crippen LogP contribution is -2.51. The fourth-order valence-corrected chi connectivity index (χ4v) is 2.69. The molecule has 2 aromatic rings. The van der Waals surface area contributed by atoms with Crippen molar-refractivity contribution in [2.45, 2.75) is 31.5 Å². The van der Waals surface area contributed by atoms with E-state index in [1.165, 1.54) is 16.8 Å². The van der Waals surface area contributed by atoms with Crippen molar-refractivity contribution in [2.24, 2.45) is 0 Å². The van der Waals surface area contributed by atoms with Crippen LogP contribution in [0.25, 0.3) is 0 Å². The van der Waals surface area contributed by atoms with Gasteiger partial charge in [0.25, 0.3) is 5.56 Å². The number of hydrogen-bond acceptors (Lipinski definition) is 6. The molecule has 1 saturated heterocycles. The highest BCUT2D eigenvalue weighted by Crippen LogP contribution is 2.15. The number of rotatable bonds is 6. The van der Waals surface area contributed by atoms with Crippen LogP contribution in [0.3, 0.4) is 0 Å². The van der Waals surface area contributed by atoms with Crippen LogP contribution in [0.4, 0.5) is 0 Å². The number of H-pyrrole nitrogens is 1. The molecule has 0 unspecified atom stereocenters. The second-order valence-electron chi connectivity index (χ2n) is 5.92. The summed E-state index contributed by atoms with van der Waals surface area (Å²) in [6.07, 6.45) is 3.41. The molecule has 0 aliphatic carbocycles. The van der Waals surface area contributed by atoms with Gasteiger partial charge in [0, 0.05) is 44.1 Å². The van der Waals surface area contributed by atoms with Crippen molar-refractivity contribution in [3.63, 3.8) is 0 Å². The van der Waals surface area contributed by atoms with Crippen molar-refractivity contribution in [2.75, 3.05) is 13.2 Å². The second kappa shape index (κ2) is 8.43. The standard InChI is InChI=1S/C17H20N4O5/c22-14(4-8-21-9-5-15(23)20-17(21)24)19-12-6-10-25-11-13(12)26-16-3-1-2-7-18-16/h1-3,5,7,9,12-13H,4,6,8,10-11H2,(H,19,22)(H,20,23,24)/t12-,13-/m1/s1. The summed E-state index contributed by atoms with van der Waals surface area (Å²) in [4.78, 5) is 41.2. The summed E-state index contributed by atoms with van der Waals surface area (Å²) in [5.74, 6) is 0.270. The van der Waals surface area contributed by atoms with Gasteiger partial charge in [0.2, 0.25) is 11.8 Å². The molecule has 26 heavy (non-hydrogen) atoms. The van der Waals surface area contributed by atoms with Gasteiger partial charge in [-0.1, -0.05) is 6.07 Å². The number of ether oxygens (including phenoxy) is 2. The monoisotopic (exact) mass is 360 g/mol. The van der Waals surface area contributed by atoms with E-state index < -0.39 is 11.2 Å². The minimum absolute atomic E-state index is 0.111. The normalized spacial score (nSPS) is 19.7. The van der Waals surface area contributed by atoms with Crippen molar-refractivity contribution >= 4 is 5.91 Å². The molecule has 1 amide bonds. The van der Waals surface area contributed by atoms with Gasteiger partial charge in [-0.2, -0.15) is 0 Å². The Labute approximate surface area is 149 Å². The first-order chi connectivity index (χ1) is 12.6. The lowest BCUT2D eigenvalue weighted by molar-refractivity contribution is -0.124. The highest BCUT2D eigenvalue weighted by atomic mass is 16.5. The summed E-state index contributed by atoms with van der Waals surface area (Å²) >= 11 is 0. The zero-order chi connectivity index (χ0) is 18.4. The second-order valence-corrected chi connectivity index (χ2v) is 5.92. The van der Waals surface area contributed by atoms with Crippen LogP contribution in [0.15, 0.2) is 46.2 Å². The van der Waals surface area contributed by atoms with E-state index in [1.54, 1.807) is 18.3 Å². The Morgan fingerprint density at radius 3 is 3.04 bits per heavy atom. The van der Waals surface area contributed by atoms with E-state index in [0.29, 0.717) is 25.5 Å². The van der Waals surface area contributed by atoms with Crippen molar-refractivity contribution in [1.29, 1.82) is 0 Å². The predicted octanol–water partition coefficient (Wildman–Crippen LogP) is -0.326. The molecular weight excluding hydrogens is 340 g/mol. The summed E-state index contributed by atoms with van der Waals surface area (Å²) in [6.45, 7) is 1.07. The Morgan fingerprint density at radius 2 is 2.27 bits per heavy atom. The molecule has 0 radical (unpaired) electrons. The van der Waals surface area contributed by atoms with Gasteiger partial charge in [-0.05, 0) is 12.5 Å². The molecule has 3 rings (SSSR count). The molecule has 2 aromatic heterocycles. The zero-order valence-electron chi connectivity index (χ0n) is 14.1. The van der Waals surface area contributed by atoms with Crippen LogP contribution in [0.1, 0.15) is 12.8 Å². The van der Waals surface area contributed by atoms with Gasteiger partial charge in [-0.25, -0.2) is 9.78 Å². The molecular formula is C17H20N4O5. The first-order valence-corrected chi connectivity index (χ1v) is 8.36. The first kappa shape index (κ1) is 17.9. The van der Waals surface area contributed by atoms with E-state index in [4.69, 9.17) is 9.47 Å². The third kappa shape index (κ3) is 4.79. The molecule has 138 valence electrons. The number of carbonyl (C=O) groups excluding carboxylic acids is 1. The summed E-state index contributed by atoms with van der Waals surface area (Å²) < 4.78 is 12.5. The van der Waals surface area contributed by atoms with Crippen LogP contribution in [0.5, 0.6) is 5.88 Å². The van der Waals surface area contributed by atoms with Gasteiger partial charge >= 0.3 is 5.69 Å². The molecule has 2 atom stereocenters. The number of amides is 1. The van der Waals surface area contributed by atoms with Crippen LogP contribution in [-0.2, 0) is 16.1 Å². The van der Waals surface area contributed by atoms with Gasteiger partial charge in [-0.15, -0.1) is 0 Å². The smallest absolute Gasteiger partial charge is 0.328 e. The Balaban J connectivity index is 1.56. The molecule has 1 aliphatic heterocycles. The van der Waals surface area contributed by atoms with Crippen molar-refractivity contribution < 1.29 is 14.3 Å². The minimum Gasteiger partial charge on any atom is -0.470 e. The van der Waals surface area contributed by atoms with Gasteiger partial charge in [-0.3, -0.25) is 14.6 Å². The largest absolute Gasteiger partial charge is 0.470 e. The van der Waals surface area contributed by atoms with E-state index >= 15 is 0 Å². The van der Waals surface area contributed by atoms with Gasteiger partial charge in [0.15, 0.2) is 0 Å². The Morgan fingerprint density at radius 1 is 1.38 bits per heavy atom. The highest BCUT2D eigenvalue weighted by molar-refractivity contribution is 5.76. The van der Waals surface area contributed by atoms with Gasteiger partial charge in [0.1, 0.15) is 6.10 Å². The van der Waals surface area contributed by atoms with Crippen LogP contribution >= 0.6 is 0 Å². The predicted molar refractivity (Wildman–Crippen MR) is 92.0 cm³/mol. The van der Waals surface area contributed by atoms with E-state index in [2.05, 4.69) is 15.3 Å². The average Bonchev–Trinajstić information content (AvgIpc) is 2.63. The number of carbonyl (C=O) groups is 1. The quantitative estimate of drug-likeness (QED) is 0.729. The topological polar surface area (TPSA) is 115 Å². The Bertz CT molecular complexity index is 848. The molecule has 1 fully saturated rings. The lowest BCUT2D eigenvalue weighted by atomic mass is 10.1. The van der Waals surface area contributed by atoms with Crippen molar-refractivity contribution in [3.05, 3.63) is 57.5 Å². The van der Waals surface area contributed by atoms with Crippen LogP contribution in [-0.4, -0.2) is 45.8 Å². The maximum atomic E-state index is 12.3. The number of aromatic amines is 1. The van der Waals surface area contributed by atoms with E-state index in [-0.39, 0.29) is 31.0 Å². The maximum Gasteiger partial charge on any atom is 0.328 e. The number of pyridine rings is 1. The molecule has 0 saturated carbocycles. The Kier molecular flexibility index (Phi) is 5.80. The molecule has 3 heterocycles. The van der Waals surface area contributed by atoms with E-state index in [1.807, 2.05) is 6.07 Å². The summed E-state index contributed by atoms with van der Waals surface area (Å²) in [7, 11) is 0. The summed E-state index contributed by atoms with van der Waals surface area (Å²) in [5.41, 5.74) is -1.000. The molecule has 1 aliphatic rings. The molecule has 0 bridgehead atoms. The SMILES string of the molecule is O=C(CCn1ccc(=O)[nH]c1=O)N[C@@H]1CCOC[C@H]1Oc1ccccn1. The molecule has 0 spiro atoms. The van der Waals surface area contributed by atoms with Crippen LogP contribution in [0, 0.1) is 0 Å². The average molecular weight is 360 g/mol. The fourth-order valence-electron chi connectivity index (χ4n) is 2.69. The fraction of sp³-hybridized carbons (Fsp3) is 0.412. The van der Waals surface area contributed by atoms with Crippen molar-refractivity contribution in [3.8, 4) is 5.88 Å². The molecule has 0 aromatic carbocycles. The van der Waals surface area contributed by atoms with Crippen molar-refractivity contribution in [1.82, 2.24) is 19.9 Å². The third-order valence-corrected chi connectivity index (χ3v) is 4.04. The number of aryl methyl sites for hydroxylation is 1. The third-order valence-electron chi connectivity index (χ3n) is 4.04. The molecule has 2 N–H and O–H groups in total. The number of hydrogen-bond donors (Lipinski definition) is 2. The number of aromatic nitrogens is 3. The maximum absolute atomic E-state index is 12.3. The molecule has 9 heteroatoms. The zero-order valence-corrected chi connectivity index (χ0v) is 14.1. The number of nitrogens with zero attached hydrogens (tertiary/aromatic N) is 2. The highest BCUT2D eigenvalue weighted by Gasteiger charge is 2.29. The van der Waals surface area contributed by atoms with Gasteiger partial charge < -0.3 is 19.4 Å². The first-order valence-electron chi connectivity index (χ1n) is 8.36. The number of nitrogens with one attached hydrogen (secondary N) is 2.